The minimum absolute atomic E-state index is 0.121. The third-order valence-corrected chi connectivity index (χ3v) is 3.73. The number of hydrogen-bond acceptors (Lipinski definition) is 4. The molecule has 0 saturated heterocycles. The summed E-state index contributed by atoms with van der Waals surface area (Å²) in [5.74, 6) is 0.425. The maximum absolute atomic E-state index is 12.3. The maximum Gasteiger partial charge on any atom is 0.270 e. The number of methoxy groups -OCH3 is 1. The van der Waals surface area contributed by atoms with Gasteiger partial charge in [0.05, 0.1) is 17.6 Å². The Morgan fingerprint density at radius 2 is 2.14 bits per heavy atom. The Balaban J connectivity index is 2.79. The molecule has 0 aromatic heterocycles. The summed E-state index contributed by atoms with van der Waals surface area (Å²) in [5, 5.41) is 13.7. The number of carbonyl (C=O) groups excluding carboxylic acids is 1. The number of amides is 1. The van der Waals surface area contributed by atoms with Crippen LogP contribution in [0.4, 0.5) is 5.69 Å². The highest BCUT2D eigenvalue weighted by atomic mass is 16.6. The third kappa shape index (κ3) is 5.02. The Morgan fingerprint density at radius 3 is 2.68 bits per heavy atom. The smallest absolute Gasteiger partial charge is 0.270 e. The molecule has 0 aliphatic carbocycles. The lowest BCUT2D eigenvalue weighted by Crippen LogP contribution is -2.29. The number of ether oxygens (including phenoxy) is 1. The molecule has 0 bridgehead atoms. The van der Waals surface area contributed by atoms with Crippen LogP contribution in [0.15, 0.2) is 18.2 Å². The summed E-state index contributed by atoms with van der Waals surface area (Å²) in [6, 6.07) is 4.02. The number of rotatable bonds is 9. The highest BCUT2D eigenvalue weighted by Crippen LogP contribution is 2.24. The van der Waals surface area contributed by atoms with E-state index in [1.54, 1.807) is 0 Å². The monoisotopic (exact) mass is 308 g/mol. The van der Waals surface area contributed by atoms with Crippen molar-refractivity contribution in [3.8, 4) is 5.75 Å². The molecule has 0 radical (unpaired) electrons. The average molecular weight is 308 g/mol. The molecule has 0 spiro atoms. The Labute approximate surface area is 131 Å². The van der Waals surface area contributed by atoms with Gasteiger partial charge in [-0.1, -0.05) is 33.1 Å². The van der Waals surface area contributed by atoms with Crippen molar-refractivity contribution in [1.29, 1.82) is 0 Å². The van der Waals surface area contributed by atoms with Crippen LogP contribution in [0, 0.1) is 16.0 Å². The summed E-state index contributed by atoms with van der Waals surface area (Å²) in [4.78, 5) is 22.6. The molecule has 22 heavy (non-hydrogen) atoms. The van der Waals surface area contributed by atoms with Gasteiger partial charge in [-0.05, 0) is 18.4 Å². The summed E-state index contributed by atoms with van der Waals surface area (Å²) >= 11 is 0. The van der Waals surface area contributed by atoms with Crippen LogP contribution in [0.2, 0.25) is 0 Å². The van der Waals surface area contributed by atoms with Gasteiger partial charge < -0.3 is 10.1 Å². The summed E-state index contributed by atoms with van der Waals surface area (Å²) in [6.45, 7) is 4.81. The van der Waals surface area contributed by atoms with Gasteiger partial charge in [0.2, 0.25) is 0 Å². The number of hydrogen-bond donors (Lipinski definition) is 1. The van der Waals surface area contributed by atoms with Gasteiger partial charge in [-0.15, -0.1) is 0 Å². The second kappa shape index (κ2) is 9.02. The molecule has 0 heterocycles. The average Bonchev–Trinajstić information content (AvgIpc) is 2.54. The zero-order valence-electron chi connectivity index (χ0n) is 13.4. The first kappa shape index (κ1) is 17.9. The lowest BCUT2D eigenvalue weighted by molar-refractivity contribution is -0.384. The van der Waals surface area contributed by atoms with Crippen LogP contribution in [0.3, 0.4) is 0 Å². The number of unbranched alkanes of at least 4 members (excludes halogenated alkanes) is 1. The van der Waals surface area contributed by atoms with Crippen molar-refractivity contribution in [2.24, 2.45) is 5.92 Å². The highest BCUT2D eigenvalue weighted by Gasteiger charge is 2.18. The van der Waals surface area contributed by atoms with Crippen molar-refractivity contribution < 1.29 is 14.5 Å². The molecular weight excluding hydrogens is 284 g/mol. The van der Waals surface area contributed by atoms with Crippen molar-refractivity contribution >= 4 is 11.6 Å². The molecule has 1 N–H and O–H groups in total. The predicted octanol–water partition coefficient (Wildman–Crippen LogP) is 3.55. The summed E-state index contributed by atoms with van der Waals surface area (Å²) in [7, 11) is 1.44. The van der Waals surface area contributed by atoms with E-state index >= 15 is 0 Å². The van der Waals surface area contributed by atoms with Gasteiger partial charge in [0.15, 0.2) is 0 Å². The molecular formula is C16H24N2O4. The highest BCUT2D eigenvalue weighted by molar-refractivity contribution is 5.97. The van der Waals surface area contributed by atoms with Gasteiger partial charge in [-0.25, -0.2) is 0 Å². The van der Waals surface area contributed by atoms with Gasteiger partial charge in [0, 0.05) is 18.7 Å². The lowest BCUT2D eigenvalue weighted by atomic mass is 9.99. The first-order valence-electron chi connectivity index (χ1n) is 7.64. The maximum atomic E-state index is 12.3. The molecule has 122 valence electrons. The van der Waals surface area contributed by atoms with E-state index in [9.17, 15) is 14.9 Å². The quantitative estimate of drug-likeness (QED) is 0.558. The second-order valence-electron chi connectivity index (χ2n) is 5.27. The number of nitro groups is 1. The van der Waals surface area contributed by atoms with Crippen molar-refractivity contribution in [1.82, 2.24) is 5.32 Å². The Kier molecular flexibility index (Phi) is 7.36. The molecule has 1 rings (SSSR count). The first-order valence-corrected chi connectivity index (χ1v) is 7.64. The number of carbonyl (C=O) groups is 1. The van der Waals surface area contributed by atoms with Crippen LogP contribution in [-0.4, -0.2) is 24.5 Å². The fraction of sp³-hybridized carbons (Fsp3) is 0.562. The molecule has 6 nitrogen and oxygen atoms in total. The van der Waals surface area contributed by atoms with Crippen LogP contribution >= 0.6 is 0 Å². The van der Waals surface area contributed by atoms with E-state index < -0.39 is 4.92 Å². The van der Waals surface area contributed by atoms with E-state index in [0.717, 1.165) is 25.7 Å². The number of nitrogens with zero attached hydrogens (tertiary/aromatic N) is 1. The molecule has 6 heteroatoms. The van der Waals surface area contributed by atoms with E-state index in [0.29, 0.717) is 18.2 Å². The summed E-state index contributed by atoms with van der Waals surface area (Å²) in [5.41, 5.74) is 0.0750. The van der Waals surface area contributed by atoms with Crippen molar-refractivity contribution in [2.75, 3.05) is 13.7 Å². The predicted molar refractivity (Wildman–Crippen MR) is 85.3 cm³/mol. The molecule has 1 aromatic rings. The number of non-ortho nitro benzene ring substituents is 1. The Morgan fingerprint density at radius 1 is 1.41 bits per heavy atom. The largest absolute Gasteiger partial charge is 0.496 e. The van der Waals surface area contributed by atoms with Crippen LogP contribution in [0.25, 0.3) is 0 Å². The molecule has 0 saturated carbocycles. The standard InChI is InChI=1S/C16H24N2O4/c1-4-6-7-12(5-2)11-17-16(19)14-10-13(18(20)21)8-9-15(14)22-3/h8-10,12H,4-7,11H2,1-3H3,(H,17,19). The van der Waals surface area contributed by atoms with Gasteiger partial charge in [-0.3, -0.25) is 14.9 Å². The Hall–Kier alpha value is -2.11. The fourth-order valence-corrected chi connectivity index (χ4v) is 2.26. The van der Waals surface area contributed by atoms with Gasteiger partial charge in [0.1, 0.15) is 5.75 Å². The number of nitrogens with one attached hydrogen (secondary N) is 1. The SMILES string of the molecule is CCCCC(CC)CNC(=O)c1cc([N+](=O)[O-])ccc1OC. The molecule has 0 aliphatic heterocycles. The first-order chi connectivity index (χ1) is 10.5. The van der Waals surface area contributed by atoms with Crippen LogP contribution in [0.5, 0.6) is 5.75 Å². The van der Waals surface area contributed by atoms with E-state index in [2.05, 4.69) is 19.2 Å². The molecule has 1 amide bonds. The van der Waals surface area contributed by atoms with Crippen LogP contribution < -0.4 is 10.1 Å². The van der Waals surface area contributed by atoms with Crippen LogP contribution in [0.1, 0.15) is 49.9 Å². The zero-order chi connectivity index (χ0) is 16.5. The molecule has 1 atom stereocenters. The van der Waals surface area contributed by atoms with E-state index in [1.165, 1.54) is 25.3 Å². The minimum atomic E-state index is -0.522. The number of benzene rings is 1. The van der Waals surface area contributed by atoms with Gasteiger partial charge in [-0.2, -0.15) is 0 Å². The second-order valence-corrected chi connectivity index (χ2v) is 5.27. The normalized spacial score (nSPS) is 11.8. The van der Waals surface area contributed by atoms with Crippen molar-refractivity contribution in [2.45, 2.75) is 39.5 Å². The third-order valence-electron chi connectivity index (χ3n) is 3.73. The van der Waals surface area contributed by atoms with Crippen molar-refractivity contribution in [3.05, 3.63) is 33.9 Å². The Bertz CT molecular complexity index is 517. The van der Waals surface area contributed by atoms with E-state index in [1.807, 2.05) is 0 Å². The fourth-order valence-electron chi connectivity index (χ4n) is 2.26. The summed E-state index contributed by atoms with van der Waals surface area (Å²) < 4.78 is 5.12. The molecule has 1 aromatic carbocycles. The van der Waals surface area contributed by atoms with Gasteiger partial charge >= 0.3 is 0 Å². The summed E-state index contributed by atoms with van der Waals surface area (Å²) in [6.07, 6.45) is 4.32. The van der Waals surface area contributed by atoms with E-state index in [-0.39, 0.29) is 17.2 Å². The minimum Gasteiger partial charge on any atom is -0.496 e. The topological polar surface area (TPSA) is 81.5 Å². The van der Waals surface area contributed by atoms with Crippen molar-refractivity contribution in [3.63, 3.8) is 0 Å². The molecule has 0 aliphatic rings. The molecule has 0 fully saturated rings. The lowest BCUT2D eigenvalue weighted by Gasteiger charge is -2.16. The number of nitro benzene ring substituents is 1. The van der Waals surface area contributed by atoms with E-state index in [4.69, 9.17) is 4.74 Å². The zero-order valence-corrected chi connectivity index (χ0v) is 13.4. The van der Waals surface area contributed by atoms with Gasteiger partial charge in [0.25, 0.3) is 11.6 Å². The molecule has 1 unspecified atom stereocenters. The van der Waals surface area contributed by atoms with Crippen LogP contribution in [-0.2, 0) is 0 Å².